The molecule has 1 spiro atoms. The van der Waals surface area contributed by atoms with Gasteiger partial charge in [-0.05, 0) is 100 Å². The van der Waals surface area contributed by atoms with E-state index in [4.69, 9.17) is 0 Å². The number of rotatable bonds is 4. The van der Waals surface area contributed by atoms with E-state index in [1.807, 2.05) is 12.1 Å². The maximum absolute atomic E-state index is 13.0. The molecular formula is C31H35N3O2S. The SMILES string of the molecule is CN1C2CCCC3CCC321.O=c1c2sc(C#CC3CC3)cc2ncn1-c1ccc(O)c(CCC2CC2)c1. The van der Waals surface area contributed by atoms with Gasteiger partial charge < -0.3 is 5.11 Å². The van der Waals surface area contributed by atoms with Crippen molar-refractivity contribution in [2.75, 3.05) is 7.05 Å². The first kappa shape index (κ1) is 23.5. The number of likely N-dealkylation sites (N-methyl/N-ethyl adjacent to an activating group) is 1. The van der Waals surface area contributed by atoms with Gasteiger partial charge in [0.25, 0.3) is 5.56 Å². The Morgan fingerprint density at radius 2 is 2.00 bits per heavy atom. The van der Waals surface area contributed by atoms with E-state index in [2.05, 4.69) is 28.8 Å². The van der Waals surface area contributed by atoms with Crippen molar-refractivity contribution in [2.24, 2.45) is 17.8 Å². The predicted molar refractivity (Wildman–Crippen MR) is 148 cm³/mol. The molecule has 4 unspecified atom stereocenters. The van der Waals surface area contributed by atoms with Crippen LogP contribution < -0.4 is 5.56 Å². The summed E-state index contributed by atoms with van der Waals surface area (Å²) in [6.07, 6.45) is 16.0. The van der Waals surface area contributed by atoms with Crippen molar-refractivity contribution in [3.63, 3.8) is 0 Å². The number of phenols is 1. The summed E-state index contributed by atoms with van der Waals surface area (Å²) in [7, 11) is 2.32. The Kier molecular flexibility index (Phi) is 5.71. The predicted octanol–water partition coefficient (Wildman–Crippen LogP) is 5.89. The second-order valence-corrected chi connectivity index (χ2v) is 12.9. The Morgan fingerprint density at radius 3 is 2.70 bits per heavy atom. The summed E-state index contributed by atoms with van der Waals surface area (Å²) in [5.74, 6) is 9.16. The van der Waals surface area contributed by atoms with E-state index < -0.39 is 0 Å². The van der Waals surface area contributed by atoms with E-state index in [9.17, 15) is 9.90 Å². The molecule has 0 bridgehead atoms. The van der Waals surface area contributed by atoms with Crippen LogP contribution in [-0.2, 0) is 6.42 Å². The quantitative estimate of drug-likeness (QED) is 0.349. The van der Waals surface area contributed by atoms with E-state index in [1.54, 1.807) is 23.0 Å². The maximum atomic E-state index is 13.0. The first-order valence-corrected chi connectivity index (χ1v) is 14.9. The third kappa shape index (κ3) is 4.30. The van der Waals surface area contributed by atoms with Crippen LogP contribution in [0.5, 0.6) is 5.75 Å². The van der Waals surface area contributed by atoms with E-state index >= 15 is 0 Å². The van der Waals surface area contributed by atoms with Crippen molar-refractivity contribution in [1.82, 2.24) is 14.5 Å². The summed E-state index contributed by atoms with van der Waals surface area (Å²) in [6.45, 7) is 0. The summed E-state index contributed by atoms with van der Waals surface area (Å²) in [5.41, 5.74) is 3.04. The van der Waals surface area contributed by atoms with Gasteiger partial charge in [0.15, 0.2) is 0 Å². The van der Waals surface area contributed by atoms with Crippen LogP contribution in [0.2, 0.25) is 0 Å². The number of hydrogen-bond donors (Lipinski definition) is 1. The molecule has 1 saturated heterocycles. The number of benzene rings is 1. The number of likely N-dealkylation sites (tertiary alicyclic amines) is 1. The fourth-order valence-corrected chi connectivity index (χ4v) is 7.66. The van der Waals surface area contributed by atoms with E-state index in [-0.39, 0.29) is 5.56 Å². The fraction of sp³-hybridized carbons (Fsp3) is 0.548. The summed E-state index contributed by atoms with van der Waals surface area (Å²) >= 11 is 1.41. The van der Waals surface area contributed by atoms with Crippen LogP contribution >= 0.6 is 11.3 Å². The van der Waals surface area contributed by atoms with Crippen LogP contribution in [0.3, 0.4) is 0 Å². The first-order valence-electron chi connectivity index (χ1n) is 14.1. The Balaban J connectivity index is 0.000000191. The number of aromatic nitrogens is 2. The van der Waals surface area contributed by atoms with E-state index in [0.717, 1.165) is 52.4 Å². The topological polar surface area (TPSA) is 58.1 Å². The van der Waals surface area contributed by atoms with Crippen LogP contribution in [0.1, 0.15) is 74.6 Å². The lowest BCUT2D eigenvalue weighted by Gasteiger charge is -2.40. The normalized spacial score (nSPS) is 29.2. The van der Waals surface area contributed by atoms with Crippen molar-refractivity contribution in [3.05, 3.63) is 51.4 Å². The second-order valence-electron chi connectivity index (χ2n) is 11.9. The average molecular weight is 514 g/mol. The third-order valence-corrected chi connectivity index (χ3v) is 10.6. The van der Waals surface area contributed by atoms with Gasteiger partial charge in [0.1, 0.15) is 16.8 Å². The van der Waals surface area contributed by atoms with Crippen molar-refractivity contribution >= 4 is 21.6 Å². The number of nitrogens with zero attached hydrogens (tertiary/aromatic N) is 3. The highest BCUT2D eigenvalue weighted by atomic mass is 32.1. The van der Waals surface area contributed by atoms with Gasteiger partial charge in [-0.25, -0.2) is 4.98 Å². The molecule has 3 heterocycles. The summed E-state index contributed by atoms with van der Waals surface area (Å²) in [5, 5.41) is 10.2. The van der Waals surface area contributed by atoms with Gasteiger partial charge in [-0.15, -0.1) is 11.3 Å². The van der Waals surface area contributed by atoms with Gasteiger partial charge in [-0.1, -0.05) is 31.1 Å². The highest BCUT2D eigenvalue weighted by molar-refractivity contribution is 7.19. The number of fused-ring (bicyclic) bond motifs is 1. The molecule has 1 N–H and O–H groups in total. The molecule has 8 rings (SSSR count). The zero-order valence-corrected chi connectivity index (χ0v) is 22.4. The van der Waals surface area contributed by atoms with Gasteiger partial charge in [0, 0.05) is 17.5 Å². The molecule has 37 heavy (non-hydrogen) atoms. The molecule has 5 nitrogen and oxygen atoms in total. The molecule has 0 radical (unpaired) electrons. The smallest absolute Gasteiger partial charge is 0.275 e. The average Bonchev–Trinajstić information content (AvgIpc) is 3.81. The van der Waals surface area contributed by atoms with Crippen molar-refractivity contribution in [2.45, 2.75) is 82.2 Å². The Morgan fingerprint density at radius 1 is 1.14 bits per heavy atom. The molecule has 5 fully saturated rings. The number of phenolic OH excluding ortho intramolecular Hbond substituents is 1. The lowest BCUT2D eigenvalue weighted by atomic mass is 9.65. The fourth-order valence-electron chi connectivity index (χ4n) is 6.76. The molecule has 0 amide bonds. The summed E-state index contributed by atoms with van der Waals surface area (Å²) < 4.78 is 2.20. The molecule has 6 heteroatoms. The molecule has 2 aromatic heterocycles. The number of hydrogen-bond acceptors (Lipinski definition) is 5. The van der Waals surface area contributed by atoms with Crippen molar-refractivity contribution in [1.29, 1.82) is 0 Å². The van der Waals surface area contributed by atoms with Crippen LogP contribution in [0.4, 0.5) is 0 Å². The monoisotopic (exact) mass is 513 g/mol. The molecule has 1 aromatic carbocycles. The largest absolute Gasteiger partial charge is 0.508 e. The minimum absolute atomic E-state index is 0.0803. The van der Waals surface area contributed by atoms with E-state index in [0.29, 0.717) is 21.9 Å². The molecular weight excluding hydrogens is 478 g/mol. The Bertz CT molecular complexity index is 1460. The second kappa shape index (κ2) is 8.99. The molecule has 4 aliphatic carbocycles. The molecule has 4 atom stereocenters. The van der Waals surface area contributed by atoms with Crippen LogP contribution in [-0.4, -0.2) is 38.2 Å². The highest BCUT2D eigenvalue weighted by Gasteiger charge is 2.69. The van der Waals surface area contributed by atoms with Crippen molar-refractivity contribution in [3.8, 4) is 23.3 Å². The van der Waals surface area contributed by atoms with Gasteiger partial charge in [-0.2, -0.15) is 0 Å². The first-order chi connectivity index (χ1) is 18.0. The Hall–Kier alpha value is -2.62. The Labute approximate surface area is 222 Å². The molecule has 192 valence electrons. The lowest BCUT2D eigenvalue weighted by Crippen LogP contribution is -2.41. The molecule has 5 aliphatic rings. The van der Waals surface area contributed by atoms with Crippen LogP contribution in [0.25, 0.3) is 15.9 Å². The molecule has 1 aliphatic heterocycles. The zero-order valence-electron chi connectivity index (χ0n) is 21.6. The number of aryl methyl sites for hydroxylation is 1. The summed E-state index contributed by atoms with van der Waals surface area (Å²) in [4.78, 5) is 21.0. The third-order valence-electron chi connectivity index (χ3n) is 9.54. The zero-order chi connectivity index (χ0) is 25.1. The lowest BCUT2D eigenvalue weighted by molar-refractivity contribution is 0.145. The summed E-state index contributed by atoms with van der Waals surface area (Å²) in [6, 6.07) is 8.27. The molecule has 3 aromatic rings. The standard InChI is InChI=1S/C22H20N2O2S.C9H15N/c25-20-10-8-17(11-16(20)7-5-14-1-2-14)24-13-23-19-12-18(9-6-15-3-4-15)27-21(19)22(24)26;1-10-8-4-2-3-7-5-6-9(7,8)10/h8,10-15,25H,1-5,7H2;7-8H,2-6H2,1H3. The van der Waals surface area contributed by atoms with Crippen LogP contribution in [0, 0.1) is 29.6 Å². The van der Waals surface area contributed by atoms with Crippen molar-refractivity contribution < 1.29 is 5.11 Å². The van der Waals surface area contributed by atoms with Gasteiger partial charge in [-0.3, -0.25) is 14.3 Å². The van der Waals surface area contributed by atoms with Gasteiger partial charge >= 0.3 is 0 Å². The minimum atomic E-state index is -0.0803. The number of thiophene rings is 1. The maximum Gasteiger partial charge on any atom is 0.275 e. The van der Waals surface area contributed by atoms with Crippen LogP contribution in [0.15, 0.2) is 35.4 Å². The molecule has 4 saturated carbocycles. The van der Waals surface area contributed by atoms with E-state index in [1.165, 1.54) is 69.1 Å². The minimum Gasteiger partial charge on any atom is -0.508 e. The van der Waals surface area contributed by atoms with Gasteiger partial charge in [0.05, 0.1) is 16.1 Å². The highest BCUT2D eigenvalue weighted by Crippen LogP contribution is 2.63. The van der Waals surface area contributed by atoms with Gasteiger partial charge in [0.2, 0.25) is 0 Å². The number of aromatic hydroxyl groups is 1.